The molecule has 170 valence electrons. The molecule has 0 atom stereocenters. The van der Waals surface area contributed by atoms with Gasteiger partial charge in [-0.15, -0.1) is 20.4 Å². The standard InChI is InChI=1S/C21H19ClF2N8O/c1-11-8-13(6-7-17(11)31(3)12(2)25)19-26-30-32(29-19)10-15-5-4-14(9-16(15)22)20-27-28-21(33-20)18(23)24/h4-9,18H,2,10,25H2,1,3H3. The smallest absolute Gasteiger partial charge is 0.314 e. The number of halogens is 3. The number of anilines is 1. The third-order valence-electron chi connectivity index (χ3n) is 4.94. The van der Waals surface area contributed by atoms with Crippen molar-refractivity contribution in [3.8, 4) is 22.8 Å². The number of hydrogen-bond donors (Lipinski definition) is 1. The topological polar surface area (TPSA) is 112 Å². The van der Waals surface area contributed by atoms with Crippen LogP contribution in [0.3, 0.4) is 0 Å². The van der Waals surface area contributed by atoms with Gasteiger partial charge in [-0.25, -0.2) is 0 Å². The molecule has 0 amide bonds. The molecule has 0 aliphatic rings. The maximum Gasteiger partial charge on any atom is 0.314 e. The lowest BCUT2D eigenvalue weighted by atomic mass is 10.1. The van der Waals surface area contributed by atoms with Crippen LogP contribution < -0.4 is 10.6 Å². The van der Waals surface area contributed by atoms with E-state index in [0.29, 0.717) is 27.8 Å². The molecule has 2 heterocycles. The number of alkyl halides is 2. The summed E-state index contributed by atoms with van der Waals surface area (Å²) in [6, 6.07) is 10.6. The lowest BCUT2D eigenvalue weighted by Crippen LogP contribution is -2.22. The molecule has 0 aliphatic heterocycles. The van der Waals surface area contributed by atoms with Crippen LogP contribution in [0.1, 0.15) is 23.4 Å². The van der Waals surface area contributed by atoms with Crippen LogP contribution in [0.2, 0.25) is 5.02 Å². The summed E-state index contributed by atoms with van der Waals surface area (Å²) in [7, 11) is 1.84. The lowest BCUT2D eigenvalue weighted by molar-refractivity contribution is 0.116. The summed E-state index contributed by atoms with van der Waals surface area (Å²) in [5.41, 5.74) is 9.60. The number of tetrazole rings is 1. The summed E-state index contributed by atoms with van der Waals surface area (Å²) >= 11 is 6.37. The molecule has 4 aromatic rings. The zero-order valence-electron chi connectivity index (χ0n) is 17.7. The Balaban J connectivity index is 1.51. The molecule has 0 saturated carbocycles. The third kappa shape index (κ3) is 4.67. The summed E-state index contributed by atoms with van der Waals surface area (Å²) in [4.78, 5) is 3.20. The van der Waals surface area contributed by atoms with Crippen molar-refractivity contribution in [2.75, 3.05) is 11.9 Å². The van der Waals surface area contributed by atoms with E-state index in [1.807, 2.05) is 32.2 Å². The molecular formula is C21H19ClF2N8O. The van der Waals surface area contributed by atoms with Gasteiger partial charge in [-0.3, -0.25) is 0 Å². The van der Waals surface area contributed by atoms with Gasteiger partial charge in [-0.05, 0) is 53.6 Å². The molecule has 0 bridgehead atoms. The Labute approximate surface area is 192 Å². The normalized spacial score (nSPS) is 11.2. The van der Waals surface area contributed by atoms with E-state index in [1.165, 1.54) is 4.80 Å². The Kier molecular flexibility index (Phi) is 6.05. The first kappa shape index (κ1) is 22.3. The summed E-state index contributed by atoms with van der Waals surface area (Å²) in [5, 5.41) is 20.0. The Bertz CT molecular complexity index is 1320. The largest absolute Gasteiger partial charge is 0.415 e. The van der Waals surface area contributed by atoms with Gasteiger partial charge in [-0.2, -0.15) is 13.6 Å². The van der Waals surface area contributed by atoms with E-state index < -0.39 is 12.3 Å². The maximum atomic E-state index is 12.7. The number of rotatable bonds is 7. The van der Waals surface area contributed by atoms with E-state index >= 15 is 0 Å². The van der Waals surface area contributed by atoms with Crippen LogP contribution in [0.4, 0.5) is 14.5 Å². The van der Waals surface area contributed by atoms with Crippen molar-refractivity contribution in [3.63, 3.8) is 0 Å². The van der Waals surface area contributed by atoms with E-state index in [4.69, 9.17) is 21.8 Å². The van der Waals surface area contributed by atoms with Crippen molar-refractivity contribution in [3.05, 3.63) is 70.8 Å². The van der Waals surface area contributed by atoms with Crippen LogP contribution in [0.15, 0.2) is 53.2 Å². The van der Waals surface area contributed by atoms with Crippen molar-refractivity contribution in [1.82, 2.24) is 30.4 Å². The van der Waals surface area contributed by atoms with Crippen molar-refractivity contribution in [2.45, 2.75) is 19.9 Å². The minimum absolute atomic E-state index is 0.0393. The highest BCUT2D eigenvalue weighted by molar-refractivity contribution is 6.31. The first-order valence-corrected chi connectivity index (χ1v) is 10.1. The van der Waals surface area contributed by atoms with Gasteiger partial charge in [0.15, 0.2) is 0 Å². The molecule has 2 aromatic carbocycles. The molecule has 0 saturated heterocycles. The van der Waals surface area contributed by atoms with E-state index in [-0.39, 0.29) is 12.4 Å². The number of aryl methyl sites for hydroxylation is 1. The van der Waals surface area contributed by atoms with Crippen LogP contribution in [0.5, 0.6) is 0 Å². The summed E-state index contributed by atoms with van der Waals surface area (Å²) in [6.07, 6.45) is -2.84. The highest BCUT2D eigenvalue weighted by Gasteiger charge is 2.18. The first-order chi connectivity index (χ1) is 15.7. The highest BCUT2D eigenvalue weighted by Crippen LogP contribution is 2.28. The zero-order valence-corrected chi connectivity index (χ0v) is 18.5. The van der Waals surface area contributed by atoms with Crippen molar-refractivity contribution >= 4 is 17.3 Å². The molecule has 33 heavy (non-hydrogen) atoms. The summed E-state index contributed by atoms with van der Waals surface area (Å²) < 4.78 is 30.3. The second-order valence-electron chi connectivity index (χ2n) is 7.25. The van der Waals surface area contributed by atoms with Gasteiger partial charge in [0.2, 0.25) is 11.7 Å². The van der Waals surface area contributed by atoms with E-state index in [2.05, 4.69) is 32.2 Å². The lowest BCUT2D eigenvalue weighted by Gasteiger charge is -2.20. The molecule has 4 rings (SSSR count). The number of nitrogens with zero attached hydrogens (tertiary/aromatic N) is 7. The van der Waals surface area contributed by atoms with Gasteiger partial charge in [0.25, 0.3) is 5.89 Å². The Hall–Kier alpha value is -3.86. The summed E-state index contributed by atoms with van der Waals surface area (Å²) in [6.45, 7) is 5.96. The predicted molar refractivity (Wildman–Crippen MR) is 119 cm³/mol. The molecule has 0 radical (unpaired) electrons. The first-order valence-electron chi connectivity index (χ1n) is 9.70. The third-order valence-corrected chi connectivity index (χ3v) is 5.29. The van der Waals surface area contributed by atoms with Gasteiger partial charge in [0.1, 0.15) is 0 Å². The fourth-order valence-corrected chi connectivity index (χ4v) is 3.39. The van der Waals surface area contributed by atoms with Crippen LogP contribution >= 0.6 is 11.6 Å². The molecule has 0 unspecified atom stereocenters. The Morgan fingerprint density at radius 1 is 1.18 bits per heavy atom. The molecule has 9 nitrogen and oxygen atoms in total. The van der Waals surface area contributed by atoms with Crippen molar-refractivity contribution in [1.29, 1.82) is 0 Å². The molecule has 0 aliphatic carbocycles. The van der Waals surface area contributed by atoms with Gasteiger partial charge >= 0.3 is 6.43 Å². The minimum atomic E-state index is -2.84. The van der Waals surface area contributed by atoms with Crippen molar-refractivity contribution in [2.24, 2.45) is 5.73 Å². The highest BCUT2D eigenvalue weighted by atomic mass is 35.5. The predicted octanol–water partition coefficient (Wildman–Crippen LogP) is 4.20. The second kappa shape index (κ2) is 8.94. The van der Waals surface area contributed by atoms with Gasteiger partial charge in [-0.1, -0.05) is 24.2 Å². The number of aromatic nitrogens is 6. The van der Waals surface area contributed by atoms with Gasteiger partial charge < -0.3 is 15.1 Å². The SMILES string of the molecule is C=C(N)N(C)c1ccc(-c2nnn(Cc3ccc(-c4nnc(C(F)F)o4)cc3Cl)n2)cc1C. The van der Waals surface area contributed by atoms with Crippen LogP contribution in [0, 0.1) is 6.92 Å². The molecule has 0 spiro atoms. The second-order valence-corrected chi connectivity index (χ2v) is 7.65. The maximum absolute atomic E-state index is 12.7. The van der Waals surface area contributed by atoms with Crippen LogP contribution in [-0.4, -0.2) is 37.5 Å². The Morgan fingerprint density at radius 2 is 1.94 bits per heavy atom. The van der Waals surface area contributed by atoms with E-state index in [0.717, 1.165) is 16.8 Å². The molecular weight excluding hydrogens is 454 g/mol. The average Bonchev–Trinajstić information content (AvgIpc) is 3.45. The van der Waals surface area contributed by atoms with Crippen LogP contribution in [-0.2, 0) is 6.54 Å². The monoisotopic (exact) mass is 472 g/mol. The summed E-state index contributed by atoms with van der Waals surface area (Å²) in [5.74, 6) is 0.110. The quantitative estimate of drug-likeness (QED) is 0.426. The fourth-order valence-electron chi connectivity index (χ4n) is 3.15. The van der Waals surface area contributed by atoms with E-state index in [1.54, 1.807) is 23.1 Å². The number of nitrogens with two attached hydrogens (primary N) is 1. The van der Waals surface area contributed by atoms with E-state index in [9.17, 15) is 8.78 Å². The average molecular weight is 473 g/mol. The van der Waals surface area contributed by atoms with Gasteiger partial charge in [0, 0.05) is 28.9 Å². The fraction of sp³-hybridized carbons (Fsp3) is 0.190. The number of hydrogen-bond acceptors (Lipinski definition) is 8. The van der Waals surface area contributed by atoms with Crippen LogP contribution in [0.25, 0.3) is 22.8 Å². The minimum Gasteiger partial charge on any atom is -0.415 e. The molecule has 12 heteroatoms. The number of benzene rings is 2. The molecule has 0 fully saturated rings. The Morgan fingerprint density at radius 3 is 2.58 bits per heavy atom. The van der Waals surface area contributed by atoms with Gasteiger partial charge in [0.05, 0.1) is 12.4 Å². The van der Waals surface area contributed by atoms with Crippen molar-refractivity contribution < 1.29 is 13.2 Å². The molecule has 2 aromatic heterocycles. The zero-order chi connectivity index (χ0) is 23.7. The molecule has 2 N–H and O–H groups in total.